The maximum absolute atomic E-state index is 11.8. The Morgan fingerprint density at radius 1 is 1.30 bits per heavy atom. The van der Waals surface area contributed by atoms with Crippen LogP contribution in [0, 0.1) is 6.92 Å². The molecule has 0 unspecified atom stereocenters. The molecule has 1 heterocycles. The van der Waals surface area contributed by atoms with Crippen molar-refractivity contribution in [3.8, 4) is 0 Å². The van der Waals surface area contributed by atoms with E-state index in [-0.39, 0.29) is 17.4 Å². The number of rotatable bonds is 5. The lowest BCUT2D eigenvalue weighted by atomic mass is 10.3. The average Bonchev–Trinajstić information content (AvgIpc) is 2.79. The first-order valence-corrected chi connectivity index (χ1v) is 6.95. The van der Waals surface area contributed by atoms with Crippen molar-refractivity contribution in [1.82, 2.24) is 4.98 Å². The van der Waals surface area contributed by atoms with Crippen LogP contribution in [0.3, 0.4) is 0 Å². The number of benzene rings is 1. The molecule has 1 aromatic heterocycles. The van der Waals surface area contributed by atoms with E-state index in [0.29, 0.717) is 11.4 Å². The Bertz CT molecular complexity index is 623. The lowest BCUT2D eigenvalue weighted by Crippen LogP contribution is -2.15. The van der Waals surface area contributed by atoms with Crippen LogP contribution in [0.5, 0.6) is 0 Å². The molecule has 0 radical (unpaired) electrons. The zero-order valence-electron chi connectivity index (χ0n) is 10.8. The Morgan fingerprint density at radius 2 is 2.00 bits per heavy atom. The predicted molar refractivity (Wildman–Crippen MR) is 78.3 cm³/mol. The van der Waals surface area contributed by atoms with Crippen molar-refractivity contribution in [1.29, 1.82) is 0 Å². The zero-order chi connectivity index (χ0) is 14.5. The number of aryl methyl sites for hydroxylation is 1. The number of carbonyl (C=O) groups is 2. The summed E-state index contributed by atoms with van der Waals surface area (Å²) in [5, 5.41) is 11.6. The van der Waals surface area contributed by atoms with Gasteiger partial charge in [0.15, 0.2) is 0 Å². The molecule has 104 valence electrons. The van der Waals surface area contributed by atoms with Gasteiger partial charge in [-0.25, -0.2) is 4.79 Å². The van der Waals surface area contributed by atoms with Crippen molar-refractivity contribution in [2.75, 3.05) is 11.1 Å². The van der Waals surface area contributed by atoms with E-state index in [1.54, 1.807) is 13.0 Å². The summed E-state index contributed by atoms with van der Waals surface area (Å²) in [7, 11) is 0. The third-order valence-electron chi connectivity index (χ3n) is 2.55. The first-order valence-electron chi connectivity index (χ1n) is 5.97. The third-order valence-corrected chi connectivity index (χ3v) is 3.57. The lowest BCUT2D eigenvalue weighted by molar-refractivity contribution is -0.113. The zero-order valence-corrected chi connectivity index (χ0v) is 11.7. The van der Waals surface area contributed by atoms with Crippen LogP contribution in [0.2, 0.25) is 0 Å². The molecule has 0 saturated heterocycles. The fraction of sp³-hybridized carbons (Fsp3) is 0.143. The summed E-state index contributed by atoms with van der Waals surface area (Å²) in [5.41, 5.74) is 0.989. The van der Waals surface area contributed by atoms with Crippen LogP contribution in [-0.2, 0) is 4.79 Å². The summed E-state index contributed by atoms with van der Waals surface area (Å²) in [6, 6.07) is 11.2. The number of hydrogen-bond acceptors (Lipinski definition) is 3. The van der Waals surface area contributed by atoms with Gasteiger partial charge in [0, 0.05) is 10.6 Å². The minimum Gasteiger partial charge on any atom is -0.477 e. The molecule has 3 N–H and O–H groups in total. The summed E-state index contributed by atoms with van der Waals surface area (Å²) in [5.74, 6) is -1.10. The Hall–Kier alpha value is -2.21. The molecule has 20 heavy (non-hydrogen) atoms. The van der Waals surface area contributed by atoms with Crippen molar-refractivity contribution >= 4 is 29.3 Å². The smallest absolute Gasteiger partial charge is 0.354 e. The maximum atomic E-state index is 11.8. The fourth-order valence-corrected chi connectivity index (χ4v) is 2.43. The van der Waals surface area contributed by atoms with Gasteiger partial charge >= 0.3 is 5.97 Å². The fourth-order valence-electron chi connectivity index (χ4n) is 1.71. The van der Waals surface area contributed by atoms with Crippen molar-refractivity contribution in [3.63, 3.8) is 0 Å². The summed E-state index contributed by atoms with van der Waals surface area (Å²) in [4.78, 5) is 26.5. The molecule has 2 aromatic rings. The van der Waals surface area contributed by atoms with Crippen molar-refractivity contribution < 1.29 is 14.7 Å². The highest BCUT2D eigenvalue weighted by molar-refractivity contribution is 8.00. The molecule has 0 aliphatic heterocycles. The number of carbonyl (C=O) groups excluding carboxylic acids is 1. The molecule has 0 atom stereocenters. The van der Waals surface area contributed by atoms with Gasteiger partial charge in [-0.15, -0.1) is 11.8 Å². The van der Waals surface area contributed by atoms with Gasteiger partial charge in [0.1, 0.15) is 5.69 Å². The normalized spacial score (nSPS) is 10.2. The number of hydrogen-bond donors (Lipinski definition) is 3. The number of carboxylic acids is 1. The molecular formula is C14H14N2O3S. The van der Waals surface area contributed by atoms with Gasteiger partial charge in [0.2, 0.25) is 5.91 Å². The van der Waals surface area contributed by atoms with Crippen LogP contribution in [0.15, 0.2) is 41.3 Å². The minimum absolute atomic E-state index is 0.000520. The highest BCUT2D eigenvalue weighted by Crippen LogP contribution is 2.20. The molecule has 0 aliphatic carbocycles. The van der Waals surface area contributed by atoms with Crippen LogP contribution in [0.25, 0.3) is 0 Å². The number of thioether (sulfide) groups is 1. The van der Waals surface area contributed by atoms with Crippen LogP contribution in [-0.4, -0.2) is 27.7 Å². The van der Waals surface area contributed by atoms with Crippen LogP contribution < -0.4 is 5.32 Å². The second-order valence-electron chi connectivity index (χ2n) is 4.20. The molecule has 0 bridgehead atoms. The van der Waals surface area contributed by atoms with Crippen molar-refractivity contribution in [2.24, 2.45) is 0 Å². The second-order valence-corrected chi connectivity index (χ2v) is 5.24. The Labute approximate surface area is 120 Å². The monoisotopic (exact) mass is 290 g/mol. The molecular weight excluding hydrogens is 276 g/mol. The van der Waals surface area contributed by atoms with Crippen molar-refractivity contribution in [3.05, 3.63) is 47.8 Å². The van der Waals surface area contributed by atoms with Gasteiger partial charge in [-0.05, 0) is 25.1 Å². The van der Waals surface area contributed by atoms with Gasteiger partial charge in [-0.3, -0.25) is 4.79 Å². The van der Waals surface area contributed by atoms with E-state index in [4.69, 9.17) is 5.11 Å². The third kappa shape index (κ3) is 3.64. The van der Waals surface area contributed by atoms with E-state index in [0.717, 1.165) is 4.90 Å². The Morgan fingerprint density at radius 3 is 2.65 bits per heavy atom. The number of aromatic amines is 1. The summed E-state index contributed by atoms with van der Waals surface area (Å²) >= 11 is 1.40. The Balaban J connectivity index is 1.96. The van der Waals surface area contributed by atoms with Crippen LogP contribution in [0.4, 0.5) is 5.69 Å². The maximum Gasteiger partial charge on any atom is 0.354 e. The van der Waals surface area contributed by atoms with E-state index >= 15 is 0 Å². The van der Waals surface area contributed by atoms with Gasteiger partial charge in [0.25, 0.3) is 0 Å². The van der Waals surface area contributed by atoms with Crippen molar-refractivity contribution in [2.45, 2.75) is 11.8 Å². The number of amides is 1. The highest BCUT2D eigenvalue weighted by Gasteiger charge is 2.15. The molecule has 1 amide bonds. The predicted octanol–water partition coefficient (Wildman–Crippen LogP) is 2.75. The summed E-state index contributed by atoms with van der Waals surface area (Å²) < 4.78 is 0. The minimum atomic E-state index is -1.09. The van der Waals surface area contributed by atoms with Gasteiger partial charge < -0.3 is 15.4 Å². The quantitative estimate of drug-likeness (QED) is 0.739. The Kier molecular flexibility index (Phi) is 4.47. The molecule has 0 aliphatic rings. The molecule has 0 saturated carbocycles. The topological polar surface area (TPSA) is 82.2 Å². The summed E-state index contributed by atoms with van der Waals surface area (Å²) in [6.45, 7) is 1.74. The summed E-state index contributed by atoms with van der Waals surface area (Å²) in [6.07, 6.45) is 0. The molecule has 0 spiro atoms. The molecule has 6 heteroatoms. The number of aromatic nitrogens is 1. The van der Waals surface area contributed by atoms with E-state index < -0.39 is 5.97 Å². The van der Waals surface area contributed by atoms with E-state index in [9.17, 15) is 9.59 Å². The number of carboxylic acid groups (broad SMARTS) is 1. The number of aromatic carboxylic acids is 1. The first-order chi connectivity index (χ1) is 9.56. The molecule has 2 rings (SSSR count). The standard InChI is InChI=1S/C14H14N2O3S/c1-9-7-11(13(15-9)14(18)19)16-12(17)8-20-10-5-3-2-4-6-10/h2-7,15H,8H2,1H3,(H,16,17)(H,18,19). The van der Waals surface area contributed by atoms with Gasteiger partial charge in [-0.1, -0.05) is 18.2 Å². The van der Waals surface area contributed by atoms with E-state index in [2.05, 4.69) is 10.3 Å². The van der Waals surface area contributed by atoms with E-state index in [1.807, 2.05) is 30.3 Å². The first kappa shape index (κ1) is 14.2. The molecule has 0 fully saturated rings. The number of anilines is 1. The highest BCUT2D eigenvalue weighted by atomic mass is 32.2. The van der Waals surface area contributed by atoms with E-state index in [1.165, 1.54) is 11.8 Å². The number of nitrogens with one attached hydrogen (secondary N) is 2. The largest absolute Gasteiger partial charge is 0.477 e. The lowest BCUT2D eigenvalue weighted by Gasteiger charge is -2.04. The SMILES string of the molecule is Cc1cc(NC(=O)CSc2ccccc2)c(C(=O)O)[nH]1. The molecule has 5 nitrogen and oxygen atoms in total. The van der Waals surface area contributed by atoms with Gasteiger partial charge in [0.05, 0.1) is 11.4 Å². The molecule has 1 aromatic carbocycles. The van der Waals surface area contributed by atoms with Crippen LogP contribution in [0.1, 0.15) is 16.2 Å². The second kappa shape index (κ2) is 6.29. The van der Waals surface area contributed by atoms with Crippen LogP contribution >= 0.6 is 11.8 Å². The average molecular weight is 290 g/mol. The number of H-pyrrole nitrogens is 1. The van der Waals surface area contributed by atoms with Gasteiger partial charge in [-0.2, -0.15) is 0 Å².